The Bertz CT molecular complexity index is 428. The van der Waals surface area contributed by atoms with Gasteiger partial charge in [-0.3, -0.25) is 0 Å². The summed E-state index contributed by atoms with van der Waals surface area (Å²) in [7, 11) is 0. The standard InChI is InChI=1S/C14H19ClN2O/c1-3-14(4-2,10-18)17-9-12-6-5-11(8-16)7-13(12)15/h5-7,17-18H,3-4,9-10H2,1-2H3. The minimum absolute atomic E-state index is 0.105. The van der Waals surface area contributed by atoms with Crippen LogP contribution in [0.25, 0.3) is 0 Å². The number of nitriles is 1. The van der Waals surface area contributed by atoms with E-state index in [0.717, 1.165) is 18.4 Å². The molecular formula is C14H19ClN2O. The largest absolute Gasteiger partial charge is 0.394 e. The average Bonchev–Trinajstić information content (AvgIpc) is 2.42. The minimum Gasteiger partial charge on any atom is -0.394 e. The van der Waals surface area contributed by atoms with E-state index >= 15 is 0 Å². The highest BCUT2D eigenvalue weighted by Gasteiger charge is 2.24. The number of nitrogens with zero attached hydrogens (tertiary/aromatic N) is 1. The predicted octanol–water partition coefficient (Wildman–Crippen LogP) is 2.85. The maximum Gasteiger partial charge on any atom is 0.0992 e. The van der Waals surface area contributed by atoms with Crippen molar-refractivity contribution in [2.45, 2.75) is 38.8 Å². The monoisotopic (exact) mass is 266 g/mol. The Morgan fingerprint density at radius 3 is 2.50 bits per heavy atom. The van der Waals surface area contributed by atoms with Gasteiger partial charge in [0, 0.05) is 17.1 Å². The fourth-order valence-electron chi connectivity index (χ4n) is 1.82. The summed E-state index contributed by atoms with van der Waals surface area (Å²) in [6.45, 7) is 4.79. The molecule has 18 heavy (non-hydrogen) atoms. The highest BCUT2D eigenvalue weighted by Crippen LogP contribution is 2.20. The summed E-state index contributed by atoms with van der Waals surface area (Å²) in [4.78, 5) is 0. The van der Waals surface area contributed by atoms with Crippen molar-refractivity contribution in [3.8, 4) is 6.07 Å². The third-order valence-corrected chi connectivity index (χ3v) is 3.84. The van der Waals surface area contributed by atoms with Gasteiger partial charge in [-0.1, -0.05) is 31.5 Å². The van der Waals surface area contributed by atoms with Gasteiger partial charge in [-0.05, 0) is 30.5 Å². The first-order valence-electron chi connectivity index (χ1n) is 6.15. The molecule has 1 rings (SSSR count). The van der Waals surface area contributed by atoms with Crippen LogP contribution in [0.15, 0.2) is 18.2 Å². The molecule has 2 N–H and O–H groups in total. The van der Waals surface area contributed by atoms with Crippen molar-refractivity contribution >= 4 is 11.6 Å². The van der Waals surface area contributed by atoms with E-state index in [1.807, 2.05) is 19.9 Å². The van der Waals surface area contributed by atoms with Crippen molar-refractivity contribution in [3.63, 3.8) is 0 Å². The highest BCUT2D eigenvalue weighted by molar-refractivity contribution is 6.31. The lowest BCUT2D eigenvalue weighted by molar-refractivity contribution is 0.149. The number of nitrogens with one attached hydrogen (secondary N) is 1. The highest BCUT2D eigenvalue weighted by atomic mass is 35.5. The van der Waals surface area contributed by atoms with Gasteiger partial charge in [0.1, 0.15) is 0 Å². The lowest BCUT2D eigenvalue weighted by atomic mass is 9.93. The van der Waals surface area contributed by atoms with Crippen LogP contribution in [0, 0.1) is 11.3 Å². The fraction of sp³-hybridized carbons (Fsp3) is 0.500. The van der Waals surface area contributed by atoms with E-state index in [1.54, 1.807) is 12.1 Å². The molecule has 0 atom stereocenters. The van der Waals surface area contributed by atoms with Crippen LogP contribution in [0.1, 0.15) is 37.8 Å². The molecule has 0 aromatic heterocycles. The molecule has 0 aliphatic heterocycles. The van der Waals surface area contributed by atoms with Crippen LogP contribution in [0.4, 0.5) is 0 Å². The number of benzene rings is 1. The van der Waals surface area contributed by atoms with Crippen LogP contribution in [-0.4, -0.2) is 17.3 Å². The molecule has 0 aliphatic carbocycles. The van der Waals surface area contributed by atoms with Crippen LogP contribution in [0.5, 0.6) is 0 Å². The van der Waals surface area contributed by atoms with Crippen molar-refractivity contribution in [1.29, 1.82) is 5.26 Å². The van der Waals surface area contributed by atoms with Gasteiger partial charge in [-0.2, -0.15) is 5.26 Å². The summed E-state index contributed by atoms with van der Waals surface area (Å²) in [6, 6.07) is 7.32. The van der Waals surface area contributed by atoms with Crippen molar-refractivity contribution in [3.05, 3.63) is 34.3 Å². The summed E-state index contributed by atoms with van der Waals surface area (Å²) in [5.74, 6) is 0. The van der Waals surface area contributed by atoms with Crippen molar-refractivity contribution in [2.24, 2.45) is 0 Å². The van der Waals surface area contributed by atoms with E-state index in [-0.39, 0.29) is 12.1 Å². The molecule has 0 amide bonds. The van der Waals surface area contributed by atoms with Crippen LogP contribution in [-0.2, 0) is 6.54 Å². The molecule has 1 aromatic carbocycles. The quantitative estimate of drug-likeness (QED) is 0.832. The molecule has 0 bridgehead atoms. The Hall–Kier alpha value is -1.08. The Kier molecular flexibility index (Phi) is 5.61. The summed E-state index contributed by atoms with van der Waals surface area (Å²) in [6.07, 6.45) is 1.71. The van der Waals surface area contributed by atoms with Crippen molar-refractivity contribution < 1.29 is 5.11 Å². The maximum absolute atomic E-state index is 9.47. The van der Waals surface area contributed by atoms with Gasteiger partial charge in [-0.25, -0.2) is 0 Å². The Morgan fingerprint density at radius 2 is 2.06 bits per heavy atom. The van der Waals surface area contributed by atoms with Crippen LogP contribution < -0.4 is 5.32 Å². The van der Waals surface area contributed by atoms with Gasteiger partial charge in [0.15, 0.2) is 0 Å². The molecule has 4 heteroatoms. The zero-order valence-electron chi connectivity index (χ0n) is 10.8. The number of rotatable bonds is 6. The molecule has 3 nitrogen and oxygen atoms in total. The van der Waals surface area contributed by atoms with Crippen LogP contribution in [0.2, 0.25) is 5.02 Å². The Labute approximate surface area is 113 Å². The Morgan fingerprint density at radius 1 is 1.39 bits per heavy atom. The molecule has 0 fully saturated rings. The van der Waals surface area contributed by atoms with E-state index < -0.39 is 0 Å². The summed E-state index contributed by atoms with van der Waals surface area (Å²) < 4.78 is 0. The van der Waals surface area contributed by atoms with Crippen LogP contribution >= 0.6 is 11.6 Å². The van der Waals surface area contributed by atoms with E-state index in [1.165, 1.54) is 0 Å². The van der Waals surface area contributed by atoms with Gasteiger partial charge < -0.3 is 10.4 Å². The smallest absolute Gasteiger partial charge is 0.0992 e. The molecule has 0 spiro atoms. The topological polar surface area (TPSA) is 56.0 Å². The third-order valence-electron chi connectivity index (χ3n) is 3.49. The molecule has 0 saturated heterocycles. The summed E-state index contributed by atoms with van der Waals surface area (Å²) >= 11 is 6.11. The number of hydrogen-bond acceptors (Lipinski definition) is 3. The van der Waals surface area contributed by atoms with E-state index in [4.69, 9.17) is 16.9 Å². The molecule has 0 unspecified atom stereocenters. The summed E-state index contributed by atoms with van der Waals surface area (Å²) in [5.41, 5.74) is 1.25. The molecule has 0 saturated carbocycles. The van der Waals surface area contributed by atoms with Crippen molar-refractivity contribution in [2.75, 3.05) is 6.61 Å². The van der Waals surface area contributed by atoms with E-state index in [2.05, 4.69) is 11.4 Å². The number of hydrogen-bond donors (Lipinski definition) is 2. The lowest BCUT2D eigenvalue weighted by Gasteiger charge is -2.31. The van der Waals surface area contributed by atoms with Gasteiger partial charge in [-0.15, -0.1) is 0 Å². The molecule has 0 radical (unpaired) electrons. The molecule has 98 valence electrons. The first kappa shape index (κ1) is 15.0. The number of aliphatic hydroxyl groups is 1. The lowest BCUT2D eigenvalue weighted by Crippen LogP contribution is -2.47. The van der Waals surface area contributed by atoms with E-state index in [0.29, 0.717) is 17.1 Å². The fourth-order valence-corrected chi connectivity index (χ4v) is 2.07. The maximum atomic E-state index is 9.47. The minimum atomic E-state index is -0.253. The zero-order valence-corrected chi connectivity index (χ0v) is 11.6. The van der Waals surface area contributed by atoms with Gasteiger partial charge in [0.2, 0.25) is 0 Å². The van der Waals surface area contributed by atoms with Gasteiger partial charge >= 0.3 is 0 Å². The van der Waals surface area contributed by atoms with Crippen LogP contribution in [0.3, 0.4) is 0 Å². The molecule has 0 aliphatic rings. The Balaban J connectivity index is 2.77. The number of halogens is 1. The number of aliphatic hydroxyl groups excluding tert-OH is 1. The second-order valence-electron chi connectivity index (χ2n) is 4.42. The summed E-state index contributed by atoms with van der Waals surface area (Å²) in [5, 5.41) is 22.2. The molecule has 0 heterocycles. The predicted molar refractivity (Wildman–Crippen MR) is 73.4 cm³/mol. The normalized spacial score (nSPS) is 11.3. The average molecular weight is 267 g/mol. The van der Waals surface area contributed by atoms with Gasteiger partial charge in [0.05, 0.1) is 18.2 Å². The first-order valence-corrected chi connectivity index (χ1v) is 6.53. The SMILES string of the molecule is CCC(CC)(CO)NCc1ccc(C#N)cc1Cl. The molecular weight excluding hydrogens is 248 g/mol. The van der Waals surface area contributed by atoms with E-state index in [9.17, 15) is 5.11 Å². The zero-order chi connectivity index (χ0) is 13.6. The third kappa shape index (κ3) is 3.46. The molecule has 1 aromatic rings. The van der Waals surface area contributed by atoms with Gasteiger partial charge in [0.25, 0.3) is 0 Å². The second-order valence-corrected chi connectivity index (χ2v) is 4.82. The second kappa shape index (κ2) is 6.75. The first-order chi connectivity index (χ1) is 8.60. The van der Waals surface area contributed by atoms with Crippen molar-refractivity contribution in [1.82, 2.24) is 5.32 Å².